The Bertz CT molecular complexity index is 699. The van der Waals surface area contributed by atoms with Gasteiger partial charge >= 0.3 is 0 Å². The second-order valence-electron chi connectivity index (χ2n) is 6.86. The molecule has 2 amide bonds. The van der Waals surface area contributed by atoms with E-state index < -0.39 is 0 Å². The molecule has 5 rings (SSSR count). The van der Waals surface area contributed by atoms with E-state index >= 15 is 0 Å². The average molecular weight is 292 g/mol. The van der Waals surface area contributed by atoms with Crippen molar-refractivity contribution in [3.63, 3.8) is 0 Å². The third kappa shape index (κ3) is 1.35. The van der Waals surface area contributed by atoms with Crippen LogP contribution in [-0.2, 0) is 9.59 Å². The molecule has 3 aliphatic carbocycles. The molecule has 4 nitrogen and oxygen atoms in total. The predicted molar refractivity (Wildman–Crippen MR) is 80.7 cm³/mol. The number of rotatable bonds is 2. The number of hydrazone groups is 1. The van der Waals surface area contributed by atoms with Crippen LogP contribution in [0, 0.1) is 29.1 Å². The van der Waals surface area contributed by atoms with Crippen molar-refractivity contribution < 1.29 is 9.59 Å². The summed E-state index contributed by atoms with van der Waals surface area (Å²) in [6, 6.07) is 9.54. The molecule has 0 N–H and O–H groups in total. The highest BCUT2D eigenvalue weighted by Crippen LogP contribution is 2.73. The van der Waals surface area contributed by atoms with Crippen LogP contribution in [0.5, 0.6) is 0 Å². The molecule has 4 aliphatic rings. The Morgan fingerprint density at radius 1 is 1.00 bits per heavy atom. The molecule has 1 aromatic rings. The molecule has 1 saturated heterocycles. The van der Waals surface area contributed by atoms with Gasteiger partial charge in [-0.1, -0.05) is 42.5 Å². The lowest BCUT2D eigenvalue weighted by Crippen LogP contribution is -2.30. The van der Waals surface area contributed by atoms with Gasteiger partial charge in [0.2, 0.25) is 0 Å². The van der Waals surface area contributed by atoms with E-state index in [2.05, 4.69) is 17.3 Å². The van der Waals surface area contributed by atoms with Crippen LogP contribution >= 0.6 is 0 Å². The van der Waals surface area contributed by atoms with Crippen molar-refractivity contribution in [1.82, 2.24) is 5.01 Å². The number of hydrogen-bond acceptors (Lipinski definition) is 3. The van der Waals surface area contributed by atoms with Crippen LogP contribution in [0.4, 0.5) is 0 Å². The summed E-state index contributed by atoms with van der Waals surface area (Å²) < 4.78 is 0. The molecule has 1 spiro atoms. The fourth-order valence-corrected chi connectivity index (χ4v) is 4.84. The van der Waals surface area contributed by atoms with E-state index in [0.717, 1.165) is 23.4 Å². The fraction of sp³-hybridized carbons (Fsp3) is 0.389. The van der Waals surface area contributed by atoms with Crippen LogP contribution in [0.15, 0.2) is 47.6 Å². The molecule has 4 atom stereocenters. The van der Waals surface area contributed by atoms with E-state index in [9.17, 15) is 9.59 Å². The monoisotopic (exact) mass is 292 g/mol. The highest BCUT2D eigenvalue weighted by molar-refractivity contribution is 6.07. The van der Waals surface area contributed by atoms with Crippen LogP contribution in [-0.4, -0.2) is 23.0 Å². The number of imide groups is 1. The van der Waals surface area contributed by atoms with Gasteiger partial charge in [-0.05, 0) is 35.7 Å². The molecular formula is C18H16N2O2. The van der Waals surface area contributed by atoms with Gasteiger partial charge in [0, 0.05) is 0 Å². The first-order valence-electron chi connectivity index (χ1n) is 7.87. The molecule has 2 saturated carbocycles. The second-order valence-corrected chi connectivity index (χ2v) is 6.86. The van der Waals surface area contributed by atoms with E-state index in [1.54, 1.807) is 6.21 Å². The normalized spacial score (nSPS) is 36.8. The highest BCUT2D eigenvalue weighted by atomic mass is 16.2. The molecule has 2 bridgehead atoms. The first-order valence-corrected chi connectivity index (χ1v) is 7.87. The van der Waals surface area contributed by atoms with Gasteiger partial charge in [0.25, 0.3) is 11.8 Å². The minimum Gasteiger partial charge on any atom is -0.272 e. The predicted octanol–water partition coefficient (Wildman–Crippen LogP) is 2.22. The average Bonchev–Trinajstić information content (AvgIpc) is 3.14. The minimum atomic E-state index is -0.169. The summed E-state index contributed by atoms with van der Waals surface area (Å²) in [6.07, 6.45) is 8.27. The Kier molecular flexibility index (Phi) is 2.21. The van der Waals surface area contributed by atoms with E-state index in [-0.39, 0.29) is 40.9 Å². The Morgan fingerprint density at radius 3 is 2.14 bits per heavy atom. The number of amides is 2. The van der Waals surface area contributed by atoms with Crippen molar-refractivity contribution in [1.29, 1.82) is 0 Å². The molecule has 1 aromatic carbocycles. The van der Waals surface area contributed by atoms with Gasteiger partial charge in [0.05, 0.1) is 18.1 Å². The van der Waals surface area contributed by atoms with Crippen molar-refractivity contribution in [2.75, 3.05) is 0 Å². The van der Waals surface area contributed by atoms with Crippen molar-refractivity contribution in [2.45, 2.75) is 12.8 Å². The molecule has 110 valence electrons. The Balaban J connectivity index is 1.46. The summed E-state index contributed by atoms with van der Waals surface area (Å²) in [7, 11) is 0. The standard InChI is InChI=1S/C18H16N2O2/c21-16-14-12-6-7-13(18(12)8-9-18)15(14)17(22)20(16)19-10-11-4-2-1-3-5-11/h1-7,10,12-15H,8-9H2/b19-10-/t12-,13-,14+,15+/m1/s1. The summed E-state index contributed by atoms with van der Waals surface area (Å²) in [6.45, 7) is 0. The Morgan fingerprint density at radius 2 is 1.59 bits per heavy atom. The van der Waals surface area contributed by atoms with E-state index in [0.29, 0.717) is 0 Å². The first-order chi connectivity index (χ1) is 10.7. The van der Waals surface area contributed by atoms with Gasteiger partial charge in [0.15, 0.2) is 0 Å². The maximum absolute atomic E-state index is 12.7. The van der Waals surface area contributed by atoms with Crippen molar-refractivity contribution in [2.24, 2.45) is 34.2 Å². The van der Waals surface area contributed by atoms with Crippen molar-refractivity contribution in [3.05, 3.63) is 48.0 Å². The molecular weight excluding hydrogens is 276 g/mol. The number of allylic oxidation sites excluding steroid dienone is 2. The SMILES string of the molecule is O=C1[C@@H]2[C@@H](C(=O)N1/N=C\c1ccccc1)[C@H]1C=C[C@H]2C12CC2. The van der Waals surface area contributed by atoms with Gasteiger partial charge in [-0.3, -0.25) is 9.59 Å². The largest absolute Gasteiger partial charge is 0.272 e. The number of hydrogen-bond donors (Lipinski definition) is 0. The van der Waals surface area contributed by atoms with Gasteiger partial charge in [-0.15, -0.1) is 0 Å². The van der Waals surface area contributed by atoms with Crippen LogP contribution < -0.4 is 0 Å². The van der Waals surface area contributed by atoms with Gasteiger partial charge < -0.3 is 0 Å². The number of carbonyl (C=O) groups is 2. The van der Waals surface area contributed by atoms with E-state index in [4.69, 9.17) is 0 Å². The molecule has 0 radical (unpaired) electrons. The zero-order valence-corrected chi connectivity index (χ0v) is 12.1. The van der Waals surface area contributed by atoms with E-state index in [1.165, 1.54) is 0 Å². The lowest BCUT2D eigenvalue weighted by Gasteiger charge is -2.18. The second kappa shape index (κ2) is 3.94. The molecule has 1 aliphatic heterocycles. The van der Waals surface area contributed by atoms with E-state index in [1.807, 2.05) is 30.3 Å². The zero-order valence-electron chi connectivity index (χ0n) is 12.1. The molecule has 3 fully saturated rings. The quantitative estimate of drug-likeness (QED) is 0.477. The van der Waals surface area contributed by atoms with Crippen molar-refractivity contribution >= 4 is 18.0 Å². The highest BCUT2D eigenvalue weighted by Gasteiger charge is 2.73. The lowest BCUT2D eigenvalue weighted by molar-refractivity contribution is -0.141. The summed E-state index contributed by atoms with van der Waals surface area (Å²) in [5, 5.41) is 5.30. The van der Waals surface area contributed by atoms with Crippen LogP contribution in [0.2, 0.25) is 0 Å². The first kappa shape index (κ1) is 12.3. The lowest BCUT2D eigenvalue weighted by atomic mass is 9.85. The van der Waals surface area contributed by atoms with Crippen molar-refractivity contribution in [3.8, 4) is 0 Å². The fourth-order valence-electron chi connectivity index (χ4n) is 4.84. The zero-order chi connectivity index (χ0) is 14.9. The summed E-state index contributed by atoms with van der Waals surface area (Å²) in [5.74, 6) is -0.0294. The number of nitrogens with zero attached hydrogens (tertiary/aromatic N) is 2. The Hall–Kier alpha value is -2.23. The summed E-state index contributed by atoms with van der Waals surface area (Å²) in [4.78, 5) is 25.4. The molecule has 4 heteroatoms. The third-order valence-corrected chi connectivity index (χ3v) is 5.95. The summed E-state index contributed by atoms with van der Waals surface area (Å²) in [5.41, 5.74) is 1.13. The number of fused-ring (bicyclic) bond motifs is 3. The number of carbonyl (C=O) groups excluding carboxylic acids is 2. The summed E-state index contributed by atoms with van der Waals surface area (Å²) >= 11 is 0. The Labute approximate surface area is 128 Å². The number of benzene rings is 1. The maximum atomic E-state index is 12.7. The molecule has 0 unspecified atom stereocenters. The third-order valence-electron chi connectivity index (χ3n) is 5.95. The van der Waals surface area contributed by atoms with Crippen LogP contribution in [0.3, 0.4) is 0 Å². The molecule has 22 heavy (non-hydrogen) atoms. The topological polar surface area (TPSA) is 49.7 Å². The van der Waals surface area contributed by atoms with Crippen LogP contribution in [0.25, 0.3) is 0 Å². The van der Waals surface area contributed by atoms with Gasteiger partial charge in [-0.25, -0.2) is 0 Å². The molecule has 1 heterocycles. The van der Waals surface area contributed by atoms with Gasteiger partial charge in [0.1, 0.15) is 0 Å². The van der Waals surface area contributed by atoms with Crippen LogP contribution in [0.1, 0.15) is 18.4 Å². The van der Waals surface area contributed by atoms with Gasteiger partial charge in [-0.2, -0.15) is 10.1 Å². The maximum Gasteiger partial charge on any atom is 0.254 e. The minimum absolute atomic E-state index is 0.106. The molecule has 0 aromatic heterocycles. The smallest absolute Gasteiger partial charge is 0.254 e.